The van der Waals surface area contributed by atoms with Crippen molar-refractivity contribution in [3.8, 4) is 16.8 Å². The summed E-state index contributed by atoms with van der Waals surface area (Å²) >= 11 is 3.89. The van der Waals surface area contributed by atoms with Crippen LogP contribution >= 0.6 is 23.5 Å². The number of thioether (sulfide) groups is 1. The molecule has 1 aliphatic carbocycles. The molecule has 2 aliphatic heterocycles. The third-order valence-electron chi connectivity index (χ3n) is 11.6. The number of hydrogen-bond acceptors (Lipinski definition) is 2. The van der Waals surface area contributed by atoms with Crippen molar-refractivity contribution in [3.63, 3.8) is 0 Å². The van der Waals surface area contributed by atoms with Gasteiger partial charge in [-0.3, -0.25) is 0 Å². The molecule has 1 spiro atoms. The van der Waals surface area contributed by atoms with Crippen molar-refractivity contribution in [3.05, 3.63) is 209 Å². The van der Waals surface area contributed by atoms with Gasteiger partial charge in [-0.2, -0.15) is 0 Å². The lowest BCUT2D eigenvalue weighted by atomic mass is 9.61. The number of allylic oxidation sites excluding steroid dienone is 3. The number of aromatic nitrogens is 1. The van der Waals surface area contributed by atoms with Gasteiger partial charge in [-0.15, -0.1) is 0 Å². The van der Waals surface area contributed by atoms with Crippen LogP contribution in [0.4, 0.5) is 0 Å². The van der Waals surface area contributed by atoms with Gasteiger partial charge in [-0.25, -0.2) is 0 Å². The summed E-state index contributed by atoms with van der Waals surface area (Å²) in [6, 6.07) is 63.1. The highest BCUT2D eigenvalue weighted by Crippen LogP contribution is 2.64. The SMILES string of the molecule is CC1CC2=C(C=C1c1cccc3c1c1ccccc1n3-c1ccccc1)Sc1cc(-c3ccccc3)ccc1C21c2ccccc2Sc2ccccc21. The largest absolute Gasteiger partial charge is 0.309 e. The Morgan fingerprint density at radius 3 is 1.96 bits per heavy atom. The van der Waals surface area contributed by atoms with Crippen LogP contribution in [0.3, 0.4) is 0 Å². The predicted octanol–water partition coefficient (Wildman–Crippen LogP) is 13.7. The lowest BCUT2D eigenvalue weighted by Gasteiger charge is -2.48. The van der Waals surface area contributed by atoms with Crippen molar-refractivity contribution < 1.29 is 0 Å². The van der Waals surface area contributed by atoms with E-state index in [9.17, 15) is 0 Å². The number of para-hydroxylation sites is 2. The number of benzene rings is 7. The topological polar surface area (TPSA) is 4.93 Å². The number of fused-ring (bicyclic) bond motifs is 10. The Morgan fingerprint density at radius 2 is 1.19 bits per heavy atom. The maximum Gasteiger partial charge on any atom is 0.0708 e. The Hall–Kier alpha value is -5.48. The third kappa shape index (κ3) is 4.54. The van der Waals surface area contributed by atoms with Gasteiger partial charge in [0.2, 0.25) is 0 Å². The molecule has 11 rings (SSSR count). The maximum absolute atomic E-state index is 2.57. The van der Waals surface area contributed by atoms with E-state index >= 15 is 0 Å². The molecule has 3 heterocycles. The molecule has 7 aromatic carbocycles. The van der Waals surface area contributed by atoms with Crippen LogP contribution in [-0.4, -0.2) is 4.57 Å². The highest BCUT2D eigenvalue weighted by Gasteiger charge is 2.50. The molecule has 1 aromatic heterocycles. The first-order valence-corrected chi connectivity index (χ1v) is 20.1. The quantitative estimate of drug-likeness (QED) is 0.180. The van der Waals surface area contributed by atoms with E-state index in [0.717, 1.165) is 6.42 Å². The van der Waals surface area contributed by atoms with Crippen LogP contribution < -0.4 is 0 Å². The molecule has 252 valence electrons. The lowest BCUT2D eigenvalue weighted by Crippen LogP contribution is -2.39. The van der Waals surface area contributed by atoms with Crippen molar-refractivity contribution in [1.29, 1.82) is 0 Å². The fourth-order valence-electron chi connectivity index (χ4n) is 9.39. The van der Waals surface area contributed by atoms with Crippen molar-refractivity contribution in [2.75, 3.05) is 0 Å². The van der Waals surface area contributed by atoms with Gasteiger partial charge in [0.05, 0.1) is 16.4 Å². The van der Waals surface area contributed by atoms with E-state index in [0.29, 0.717) is 5.92 Å². The molecule has 1 nitrogen and oxygen atoms in total. The van der Waals surface area contributed by atoms with Gasteiger partial charge in [0, 0.05) is 36.1 Å². The van der Waals surface area contributed by atoms with Gasteiger partial charge >= 0.3 is 0 Å². The van der Waals surface area contributed by atoms with E-state index in [1.807, 2.05) is 23.5 Å². The summed E-state index contributed by atoms with van der Waals surface area (Å²) in [6.07, 6.45) is 3.56. The first-order chi connectivity index (χ1) is 26.2. The Labute approximate surface area is 318 Å². The molecule has 53 heavy (non-hydrogen) atoms. The van der Waals surface area contributed by atoms with Gasteiger partial charge in [0.15, 0.2) is 0 Å². The molecule has 0 fully saturated rings. The van der Waals surface area contributed by atoms with Gasteiger partial charge in [-0.1, -0.05) is 158 Å². The van der Waals surface area contributed by atoms with Crippen LogP contribution in [-0.2, 0) is 5.41 Å². The zero-order valence-electron chi connectivity index (χ0n) is 29.3. The van der Waals surface area contributed by atoms with Gasteiger partial charge in [0.1, 0.15) is 0 Å². The molecule has 8 aromatic rings. The van der Waals surface area contributed by atoms with E-state index in [2.05, 4.69) is 187 Å². The summed E-state index contributed by atoms with van der Waals surface area (Å²) in [5.74, 6) is 0.315. The van der Waals surface area contributed by atoms with Crippen LogP contribution in [0.15, 0.2) is 201 Å². The second-order valence-electron chi connectivity index (χ2n) is 14.5. The monoisotopic (exact) mass is 713 g/mol. The number of nitrogens with zero attached hydrogens (tertiary/aromatic N) is 1. The van der Waals surface area contributed by atoms with E-state index in [1.165, 1.54) is 91.6 Å². The van der Waals surface area contributed by atoms with E-state index in [4.69, 9.17) is 0 Å². The van der Waals surface area contributed by atoms with E-state index in [-0.39, 0.29) is 5.41 Å². The van der Waals surface area contributed by atoms with Crippen molar-refractivity contribution >= 4 is 50.9 Å². The highest BCUT2D eigenvalue weighted by atomic mass is 32.2. The van der Waals surface area contributed by atoms with Crippen LogP contribution in [0, 0.1) is 5.92 Å². The summed E-state index contributed by atoms with van der Waals surface area (Å²) in [6.45, 7) is 2.45. The normalized spacial score (nSPS) is 16.9. The fraction of sp³-hybridized carbons (Fsp3) is 0.0800. The summed E-state index contributed by atoms with van der Waals surface area (Å²) in [5.41, 5.74) is 14.3. The minimum atomic E-state index is -0.380. The van der Waals surface area contributed by atoms with Crippen molar-refractivity contribution in [1.82, 2.24) is 4.57 Å². The molecule has 0 saturated carbocycles. The molecular formula is C50H35NS2. The Morgan fingerprint density at radius 1 is 0.547 bits per heavy atom. The first-order valence-electron chi connectivity index (χ1n) is 18.5. The molecule has 0 amide bonds. The van der Waals surface area contributed by atoms with Crippen LogP contribution in [0.5, 0.6) is 0 Å². The molecule has 1 unspecified atom stereocenters. The average molecular weight is 714 g/mol. The second kappa shape index (κ2) is 12.0. The molecule has 3 aliphatic rings. The van der Waals surface area contributed by atoms with Gasteiger partial charge in [0.25, 0.3) is 0 Å². The minimum Gasteiger partial charge on any atom is -0.309 e. The molecule has 3 heteroatoms. The zero-order valence-corrected chi connectivity index (χ0v) is 30.9. The summed E-state index contributed by atoms with van der Waals surface area (Å²) in [4.78, 5) is 5.43. The zero-order chi connectivity index (χ0) is 35.1. The second-order valence-corrected chi connectivity index (χ2v) is 16.6. The Bertz CT molecular complexity index is 2780. The lowest BCUT2D eigenvalue weighted by molar-refractivity contribution is 0.587. The molecule has 0 N–H and O–H groups in total. The van der Waals surface area contributed by atoms with Gasteiger partial charge in [-0.05, 0) is 105 Å². The number of rotatable bonds is 3. The maximum atomic E-state index is 2.57. The Balaban J connectivity index is 1.20. The average Bonchev–Trinajstić information content (AvgIpc) is 3.56. The van der Waals surface area contributed by atoms with Crippen LogP contribution in [0.1, 0.15) is 35.6 Å². The number of hydrogen-bond donors (Lipinski definition) is 0. The van der Waals surface area contributed by atoms with Crippen LogP contribution in [0.25, 0.3) is 44.2 Å². The smallest absolute Gasteiger partial charge is 0.0708 e. The fourth-order valence-corrected chi connectivity index (χ4v) is 11.9. The van der Waals surface area contributed by atoms with Gasteiger partial charge < -0.3 is 4.57 Å². The minimum absolute atomic E-state index is 0.315. The van der Waals surface area contributed by atoms with Crippen molar-refractivity contribution in [2.45, 2.75) is 33.4 Å². The standard InChI is InChI=1S/C50H35NS2/c1-32-29-42-48(31-38(32)36-20-14-24-44-49(36)37-19-8-11-23-43(37)51(44)35-17-6-3-7-18-35)53-47-30-34(33-15-4-2-5-16-33)27-28-41(47)50(42)39-21-9-12-25-45(39)52-46-26-13-10-22-40(46)50/h2-28,30-32H,29H2,1H3. The molecule has 0 bridgehead atoms. The van der Waals surface area contributed by atoms with Crippen molar-refractivity contribution in [2.24, 2.45) is 5.92 Å². The van der Waals surface area contributed by atoms with E-state index < -0.39 is 0 Å². The van der Waals surface area contributed by atoms with E-state index in [1.54, 1.807) is 0 Å². The summed E-state index contributed by atoms with van der Waals surface area (Å²) in [5, 5.41) is 2.63. The van der Waals surface area contributed by atoms with Crippen LogP contribution in [0.2, 0.25) is 0 Å². The molecular weight excluding hydrogens is 679 g/mol. The summed E-state index contributed by atoms with van der Waals surface area (Å²) in [7, 11) is 0. The molecule has 1 atom stereocenters. The molecule has 0 saturated heterocycles. The highest BCUT2D eigenvalue weighted by molar-refractivity contribution is 8.03. The summed E-state index contributed by atoms with van der Waals surface area (Å²) < 4.78 is 2.44. The predicted molar refractivity (Wildman–Crippen MR) is 224 cm³/mol. The first kappa shape index (κ1) is 31.1. The molecule has 0 radical (unpaired) electrons. The Kier molecular flexibility index (Phi) is 7.05. The third-order valence-corrected chi connectivity index (χ3v) is 13.9.